The van der Waals surface area contributed by atoms with Gasteiger partial charge in [0.2, 0.25) is 5.09 Å². The van der Waals surface area contributed by atoms with E-state index in [0.717, 1.165) is 18.5 Å². The first-order chi connectivity index (χ1) is 9.62. The molecule has 110 valence electrons. The van der Waals surface area contributed by atoms with Crippen LogP contribution < -0.4 is 10.0 Å². The average molecular weight is 314 g/mol. The van der Waals surface area contributed by atoms with Crippen LogP contribution in [0, 0.1) is 0 Å². The predicted molar refractivity (Wildman–Crippen MR) is 79.1 cm³/mol. The number of hydrogen-bond acceptors (Lipinski definition) is 5. The van der Waals surface area contributed by atoms with E-state index in [4.69, 9.17) is 4.42 Å². The molecular weight excluding hydrogens is 296 g/mol. The van der Waals surface area contributed by atoms with E-state index in [1.165, 1.54) is 17.4 Å². The average Bonchev–Trinajstić information content (AvgIpc) is 3.08. The fourth-order valence-electron chi connectivity index (χ4n) is 1.63. The Bertz CT molecular complexity index is 618. The fourth-order valence-corrected chi connectivity index (χ4v) is 3.26. The van der Waals surface area contributed by atoms with Gasteiger partial charge in [0.15, 0.2) is 0 Å². The molecule has 2 heterocycles. The van der Waals surface area contributed by atoms with Gasteiger partial charge in [0.1, 0.15) is 5.76 Å². The zero-order chi connectivity index (χ0) is 14.4. The van der Waals surface area contributed by atoms with E-state index in [9.17, 15) is 8.42 Å². The van der Waals surface area contributed by atoms with Gasteiger partial charge in [-0.15, -0.1) is 0 Å². The number of hydrogen-bond donors (Lipinski definition) is 2. The second-order valence-corrected chi connectivity index (χ2v) is 6.83. The summed E-state index contributed by atoms with van der Waals surface area (Å²) in [5, 5.41) is 6.94. The van der Waals surface area contributed by atoms with Crippen LogP contribution in [-0.4, -0.2) is 15.0 Å². The van der Waals surface area contributed by atoms with Gasteiger partial charge in [-0.25, -0.2) is 13.1 Å². The zero-order valence-corrected chi connectivity index (χ0v) is 12.9. The highest BCUT2D eigenvalue weighted by Crippen LogP contribution is 2.14. The molecule has 0 atom stereocenters. The van der Waals surface area contributed by atoms with Gasteiger partial charge in [0.25, 0.3) is 10.0 Å². The lowest BCUT2D eigenvalue weighted by Crippen LogP contribution is -2.22. The highest BCUT2D eigenvalue weighted by Gasteiger charge is 2.18. The normalized spacial score (nSPS) is 11.8. The molecule has 0 spiro atoms. The summed E-state index contributed by atoms with van der Waals surface area (Å²) in [6.45, 7) is 3.75. The van der Waals surface area contributed by atoms with Crippen molar-refractivity contribution in [3.63, 3.8) is 0 Å². The Balaban J connectivity index is 1.95. The molecule has 7 heteroatoms. The van der Waals surface area contributed by atoms with E-state index in [1.54, 1.807) is 6.07 Å². The summed E-state index contributed by atoms with van der Waals surface area (Å²) >= 11 is 1.53. The van der Waals surface area contributed by atoms with Crippen molar-refractivity contribution in [3.8, 4) is 0 Å². The summed E-state index contributed by atoms with van der Waals surface area (Å²) in [6, 6.07) is 5.05. The molecule has 2 aromatic rings. The molecule has 2 N–H and O–H groups in total. The Hall–Kier alpha value is -1.15. The molecule has 0 aliphatic carbocycles. The van der Waals surface area contributed by atoms with Gasteiger partial charge in [0, 0.05) is 6.54 Å². The van der Waals surface area contributed by atoms with Crippen molar-refractivity contribution in [2.75, 3.05) is 6.54 Å². The van der Waals surface area contributed by atoms with Gasteiger partial charge in [-0.3, -0.25) is 0 Å². The van der Waals surface area contributed by atoms with Crippen molar-refractivity contribution in [1.29, 1.82) is 0 Å². The molecule has 0 fully saturated rings. The number of sulfonamides is 1. The smallest absolute Gasteiger partial charge is 0.274 e. The third-order valence-electron chi connectivity index (χ3n) is 2.67. The molecule has 2 rings (SSSR count). The summed E-state index contributed by atoms with van der Waals surface area (Å²) in [4.78, 5) is 0. The molecule has 5 nitrogen and oxygen atoms in total. The molecule has 0 bridgehead atoms. The maximum absolute atomic E-state index is 12.0. The molecule has 20 heavy (non-hydrogen) atoms. The van der Waals surface area contributed by atoms with Crippen LogP contribution in [0.3, 0.4) is 0 Å². The van der Waals surface area contributed by atoms with Crippen molar-refractivity contribution in [2.45, 2.75) is 31.5 Å². The van der Waals surface area contributed by atoms with E-state index in [-0.39, 0.29) is 11.6 Å². The lowest BCUT2D eigenvalue weighted by molar-refractivity contribution is 0.400. The van der Waals surface area contributed by atoms with Crippen LogP contribution in [-0.2, 0) is 23.1 Å². The van der Waals surface area contributed by atoms with Crippen LogP contribution in [0.15, 0.2) is 38.5 Å². The lowest BCUT2D eigenvalue weighted by atomic mass is 10.4. The van der Waals surface area contributed by atoms with Crippen molar-refractivity contribution in [2.24, 2.45) is 0 Å². The zero-order valence-electron chi connectivity index (χ0n) is 11.3. The number of nitrogens with one attached hydrogen (secondary N) is 2. The van der Waals surface area contributed by atoms with Gasteiger partial charge in [-0.1, -0.05) is 6.92 Å². The van der Waals surface area contributed by atoms with Gasteiger partial charge in [-0.05, 0) is 47.5 Å². The van der Waals surface area contributed by atoms with Crippen molar-refractivity contribution in [1.82, 2.24) is 10.0 Å². The second-order valence-electron chi connectivity index (χ2n) is 4.35. The Labute approximate surface area is 123 Å². The van der Waals surface area contributed by atoms with Gasteiger partial charge in [0.05, 0.1) is 6.54 Å². The summed E-state index contributed by atoms with van der Waals surface area (Å²) in [5.74, 6) is 0.620. The van der Waals surface area contributed by atoms with Crippen LogP contribution in [0.2, 0.25) is 0 Å². The number of thiophene rings is 1. The molecule has 0 saturated heterocycles. The van der Waals surface area contributed by atoms with Gasteiger partial charge < -0.3 is 9.73 Å². The SMILES string of the molecule is CCCNCc1ccc(S(=O)(=O)NCc2ccsc2)o1. The fraction of sp³-hybridized carbons (Fsp3) is 0.385. The van der Waals surface area contributed by atoms with E-state index >= 15 is 0 Å². The van der Waals surface area contributed by atoms with E-state index in [1.807, 2.05) is 16.8 Å². The maximum Gasteiger partial charge on any atom is 0.274 e. The quantitative estimate of drug-likeness (QED) is 0.734. The van der Waals surface area contributed by atoms with E-state index in [0.29, 0.717) is 12.3 Å². The predicted octanol–water partition coefficient (Wildman–Crippen LogP) is 2.32. The number of furan rings is 1. The van der Waals surface area contributed by atoms with Crippen LogP contribution in [0.1, 0.15) is 24.7 Å². The third-order valence-corrected chi connectivity index (χ3v) is 4.68. The molecule has 0 radical (unpaired) electrons. The topological polar surface area (TPSA) is 71.3 Å². The standard InChI is InChI=1S/C13H18N2O3S2/c1-2-6-14-9-12-3-4-13(18-12)20(16,17)15-8-11-5-7-19-10-11/h3-5,7,10,14-15H,2,6,8-9H2,1H3. The summed E-state index contributed by atoms with van der Waals surface area (Å²) in [7, 11) is -3.59. The molecular formula is C13H18N2O3S2. The van der Waals surface area contributed by atoms with Crippen LogP contribution in [0.5, 0.6) is 0 Å². The minimum absolute atomic E-state index is 0.0407. The molecule has 0 aliphatic heterocycles. The third kappa shape index (κ3) is 4.17. The van der Waals surface area contributed by atoms with Crippen molar-refractivity contribution < 1.29 is 12.8 Å². The summed E-state index contributed by atoms with van der Waals surface area (Å²) in [6.07, 6.45) is 1.02. The molecule has 0 aliphatic rings. The lowest BCUT2D eigenvalue weighted by Gasteiger charge is -2.03. The highest BCUT2D eigenvalue weighted by atomic mass is 32.2. The first kappa shape index (κ1) is 15.2. The van der Waals surface area contributed by atoms with Crippen molar-refractivity contribution in [3.05, 3.63) is 40.3 Å². The summed E-state index contributed by atoms with van der Waals surface area (Å²) < 4.78 is 32.0. The molecule has 0 aromatic carbocycles. The highest BCUT2D eigenvalue weighted by molar-refractivity contribution is 7.89. The second kappa shape index (κ2) is 7.03. The van der Waals surface area contributed by atoms with Crippen LogP contribution >= 0.6 is 11.3 Å². The minimum Gasteiger partial charge on any atom is -0.447 e. The monoisotopic (exact) mass is 314 g/mol. The largest absolute Gasteiger partial charge is 0.447 e. The Morgan fingerprint density at radius 2 is 2.10 bits per heavy atom. The Morgan fingerprint density at radius 1 is 1.25 bits per heavy atom. The Kier molecular flexibility index (Phi) is 5.36. The minimum atomic E-state index is -3.59. The van der Waals surface area contributed by atoms with E-state index in [2.05, 4.69) is 17.0 Å². The molecule has 2 aromatic heterocycles. The van der Waals surface area contributed by atoms with Crippen LogP contribution in [0.25, 0.3) is 0 Å². The van der Waals surface area contributed by atoms with Gasteiger partial charge in [-0.2, -0.15) is 11.3 Å². The van der Waals surface area contributed by atoms with E-state index < -0.39 is 10.0 Å². The Morgan fingerprint density at radius 3 is 2.80 bits per heavy atom. The summed E-state index contributed by atoms with van der Waals surface area (Å²) in [5.41, 5.74) is 0.940. The van der Waals surface area contributed by atoms with Crippen LogP contribution in [0.4, 0.5) is 0 Å². The first-order valence-corrected chi connectivity index (χ1v) is 8.84. The molecule has 0 saturated carbocycles. The number of rotatable bonds is 8. The molecule has 0 unspecified atom stereocenters. The van der Waals surface area contributed by atoms with Crippen molar-refractivity contribution >= 4 is 21.4 Å². The maximum atomic E-state index is 12.0. The van der Waals surface area contributed by atoms with Gasteiger partial charge >= 0.3 is 0 Å². The molecule has 0 amide bonds. The first-order valence-electron chi connectivity index (χ1n) is 6.42.